The highest BCUT2D eigenvalue weighted by molar-refractivity contribution is 5.94. The van der Waals surface area contributed by atoms with Gasteiger partial charge in [0.25, 0.3) is 0 Å². The van der Waals surface area contributed by atoms with Gasteiger partial charge < -0.3 is 24.3 Å². The summed E-state index contributed by atoms with van der Waals surface area (Å²) in [6, 6.07) is 15.4. The first kappa shape index (κ1) is 26.9. The Balaban J connectivity index is 0.000000455. The fraction of sp³-hybridized carbons (Fsp3) is 0.452. The van der Waals surface area contributed by atoms with Gasteiger partial charge in [0.1, 0.15) is 5.82 Å². The number of likely N-dealkylation sites (tertiary alicyclic amines) is 1. The molecule has 1 aromatic heterocycles. The van der Waals surface area contributed by atoms with Crippen molar-refractivity contribution < 1.29 is 9.53 Å². The number of nitrogens with zero attached hydrogens (tertiary/aromatic N) is 6. The molecule has 8 heteroatoms. The molecule has 8 nitrogen and oxygen atoms in total. The number of carbonyl (C=O) groups excluding carboxylic acids is 1. The molecule has 4 heterocycles. The van der Waals surface area contributed by atoms with E-state index in [1.54, 1.807) is 7.11 Å². The van der Waals surface area contributed by atoms with Crippen LogP contribution in [0.25, 0.3) is 10.8 Å². The van der Waals surface area contributed by atoms with E-state index in [-0.39, 0.29) is 11.9 Å². The minimum Gasteiger partial charge on any atom is -0.467 e. The summed E-state index contributed by atoms with van der Waals surface area (Å²) in [7, 11) is 3.78. The molecule has 0 unspecified atom stereocenters. The second kappa shape index (κ2) is 12.0. The fourth-order valence-corrected chi connectivity index (χ4v) is 5.90. The van der Waals surface area contributed by atoms with Crippen LogP contribution in [0, 0.1) is 0 Å². The van der Waals surface area contributed by atoms with E-state index in [2.05, 4.69) is 77.7 Å². The number of hydrogen-bond donors (Lipinski definition) is 0. The highest BCUT2D eigenvalue weighted by atomic mass is 16.5. The van der Waals surface area contributed by atoms with Crippen LogP contribution < -0.4 is 14.5 Å². The van der Waals surface area contributed by atoms with Crippen LogP contribution >= 0.6 is 0 Å². The number of methoxy groups -OCH3 is 1. The number of ether oxygens (including phenoxy) is 1. The molecule has 0 N–H and O–H groups in total. The summed E-state index contributed by atoms with van der Waals surface area (Å²) in [6.45, 7) is 12.0. The van der Waals surface area contributed by atoms with E-state index in [1.807, 2.05) is 4.90 Å². The molecule has 3 aromatic rings. The molecule has 0 saturated carbocycles. The molecule has 3 aliphatic heterocycles. The lowest BCUT2D eigenvalue weighted by atomic mass is 10.0. The molecular formula is C31H40N6O2. The van der Waals surface area contributed by atoms with Gasteiger partial charge in [0, 0.05) is 48.9 Å². The van der Waals surface area contributed by atoms with Crippen molar-refractivity contribution in [2.24, 2.45) is 0 Å². The van der Waals surface area contributed by atoms with Crippen molar-refractivity contribution in [1.29, 1.82) is 0 Å². The lowest BCUT2D eigenvalue weighted by Crippen LogP contribution is -2.54. The molecule has 1 amide bonds. The summed E-state index contributed by atoms with van der Waals surface area (Å²) < 4.78 is 5.48. The van der Waals surface area contributed by atoms with Crippen molar-refractivity contribution in [1.82, 2.24) is 19.8 Å². The monoisotopic (exact) mass is 528 g/mol. The smallest absolute Gasteiger partial charge is 0.318 e. The largest absolute Gasteiger partial charge is 0.467 e. The molecule has 6 rings (SSSR count). The number of piperazine rings is 1. The van der Waals surface area contributed by atoms with E-state index in [1.165, 1.54) is 54.0 Å². The zero-order chi connectivity index (χ0) is 27.4. The Hall–Kier alpha value is -3.65. The standard InChI is InChI=1S/C26H29N5O2.C5H11N/c1-4-24(32)31-15-14-30(16-18(31)2)25-21-12-13-29(17-22(21)27-26(28-25)33-3)23-11-7-9-19-8-5-6-10-20(19)23;1-6-4-2-3-5-6/h4-11,18H,1,12-17H2,2-3H3;2-5H2,1H3/t18-;/m1./s1. The topological polar surface area (TPSA) is 65.0 Å². The van der Waals surface area contributed by atoms with Crippen LogP contribution in [0.2, 0.25) is 0 Å². The number of benzene rings is 2. The summed E-state index contributed by atoms with van der Waals surface area (Å²) in [5.74, 6) is 0.919. The minimum atomic E-state index is -0.0184. The van der Waals surface area contributed by atoms with Gasteiger partial charge in [-0.1, -0.05) is 43.0 Å². The molecule has 0 bridgehead atoms. The number of anilines is 2. The van der Waals surface area contributed by atoms with Crippen molar-refractivity contribution in [3.05, 3.63) is 66.4 Å². The van der Waals surface area contributed by atoms with Crippen LogP contribution in [0.5, 0.6) is 6.01 Å². The minimum absolute atomic E-state index is 0.0184. The van der Waals surface area contributed by atoms with Gasteiger partial charge >= 0.3 is 6.01 Å². The van der Waals surface area contributed by atoms with Crippen LogP contribution in [-0.2, 0) is 17.8 Å². The van der Waals surface area contributed by atoms with E-state index < -0.39 is 0 Å². The fourth-order valence-electron chi connectivity index (χ4n) is 5.90. The Morgan fingerprint density at radius 3 is 2.46 bits per heavy atom. The molecule has 206 valence electrons. The third-order valence-corrected chi connectivity index (χ3v) is 8.03. The first-order valence-electron chi connectivity index (χ1n) is 14.0. The van der Waals surface area contributed by atoms with Gasteiger partial charge in [-0.15, -0.1) is 0 Å². The third kappa shape index (κ3) is 5.86. The van der Waals surface area contributed by atoms with Crippen molar-refractivity contribution in [3.63, 3.8) is 0 Å². The predicted molar refractivity (Wildman–Crippen MR) is 158 cm³/mol. The van der Waals surface area contributed by atoms with Gasteiger partial charge in [-0.3, -0.25) is 4.79 Å². The molecule has 2 aromatic carbocycles. The molecule has 1 atom stereocenters. The molecule has 2 saturated heterocycles. The van der Waals surface area contributed by atoms with Crippen molar-refractivity contribution in [3.8, 4) is 6.01 Å². The molecule has 0 radical (unpaired) electrons. The molecule has 0 spiro atoms. The van der Waals surface area contributed by atoms with Gasteiger partial charge in [0.2, 0.25) is 5.91 Å². The number of aromatic nitrogens is 2. The number of rotatable bonds is 4. The van der Waals surface area contributed by atoms with Crippen LogP contribution in [-0.4, -0.2) is 85.1 Å². The first-order valence-corrected chi connectivity index (χ1v) is 14.0. The maximum absolute atomic E-state index is 12.2. The second-order valence-electron chi connectivity index (χ2n) is 10.7. The molecule has 3 aliphatic rings. The van der Waals surface area contributed by atoms with Crippen molar-refractivity contribution in [2.75, 3.05) is 63.2 Å². The quantitative estimate of drug-likeness (QED) is 0.472. The highest BCUT2D eigenvalue weighted by Gasteiger charge is 2.31. The van der Waals surface area contributed by atoms with Crippen LogP contribution in [0.4, 0.5) is 11.5 Å². The van der Waals surface area contributed by atoms with Gasteiger partial charge in [-0.05, 0) is 63.9 Å². The SMILES string of the molecule is C=CC(=O)N1CCN(c2nc(OC)nc3c2CCN(c2cccc4ccccc24)C3)C[C@H]1C.CN1CCCC1. The summed E-state index contributed by atoms with van der Waals surface area (Å²) in [4.78, 5) is 30.5. The van der Waals surface area contributed by atoms with Gasteiger partial charge in [-0.25, -0.2) is 0 Å². The Bertz CT molecular complexity index is 1320. The van der Waals surface area contributed by atoms with Crippen LogP contribution in [0.15, 0.2) is 55.1 Å². The van der Waals surface area contributed by atoms with E-state index in [0.717, 1.165) is 37.6 Å². The first-order chi connectivity index (χ1) is 19.0. The van der Waals surface area contributed by atoms with Crippen LogP contribution in [0.1, 0.15) is 31.0 Å². The Kier molecular flexibility index (Phi) is 8.31. The number of amides is 1. The second-order valence-corrected chi connectivity index (χ2v) is 10.7. The summed E-state index contributed by atoms with van der Waals surface area (Å²) in [5.41, 5.74) is 3.42. The lowest BCUT2D eigenvalue weighted by molar-refractivity contribution is -0.128. The van der Waals surface area contributed by atoms with Crippen molar-refractivity contribution in [2.45, 2.75) is 38.8 Å². The zero-order valence-electron chi connectivity index (χ0n) is 23.5. The van der Waals surface area contributed by atoms with Crippen LogP contribution in [0.3, 0.4) is 0 Å². The van der Waals surface area contributed by atoms with E-state index in [0.29, 0.717) is 19.1 Å². The average Bonchev–Trinajstić information content (AvgIpc) is 3.46. The average molecular weight is 529 g/mol. The Morgan fingerprint density at radius 1 is 1.00 bits per heavy atom. The Morgan fingerprint density at radius 2 is 1.77 bits per heavy atom. The van der Waals surface area contributed by atoms with E-state index in [9.17, 15) is 4.79 Å². The molecular weight excluding hydrogens is 488 g/mol. The Labute approximate surface area is 231 Å². The predicted octanol–water partition coefficient (Wildman–Crippen LogP) is 4.14. The van der Waals surface area contributed by atoms with E-state index >= 15 is 0 Å². The maximum atomic E-state index is 12.2. The number of hydrogen-bond acceptors (Lipinski definition) is 7. The normalized spacial score (nSPS) is 19.4. The maximum Gasteiger partial charge on any atom is 0.318 e. The van der Waals surface area contributed by atoms with Gasteiger partial charge in [-0.2, -0.15) is 9.97 Å². The molecule has 2 fully saturated rings. The van der Waals surface area contributed by atoms with Gasteiger partial charge in [0.15, 0.2) is 0 Å². The highest BCUT2D eigenvalue weighted by Crippen LogP contribution is 2.34. The van der Waals surface area contributed by atoms with Crippen molar-refractivity contribution >= 4 is 28.2 Å². The summed E-state index contributed by atoms with van der Waals surface area (Å²) >= 11 is 0. The summed E-state index contributed by atoms with van der Waals surface area (Å²) in [5, 5.41) is 2.49. The number of carbonyl (C=O) groups is 1. The summed E-state index contributed by atoms with van der Waals surface area (Å²) in [6.07, 6.45) is 5.08. The number of fused-ring (bicyclic) bond motifs is 2. The zero-order valence-corrected chi connectivity index (χ0v) is 23.5. The molecule has 39 heavy (non-hydrogen) atoms. The van der Waals surface area contributed by atoms with Gasteiger partial charge in [0.05, 0.1) is 19.3 Å². The van der Waals surface area contributed by atoms with E-state index in [4.69, 9.17) is 14.7 Å². The third-order valence-electron chi connectivity index (χ3n) is 8.03. The molecule has 0 aliphatic carbocycles. The lowest BCUT2D eigenvalue weighted by Gasteiger charge is -2.41.